The van der Waals surface area contributed by atoms with Gasteiger partial charge in [-0.05, 0) is 24.0 Å². The molecule has 1 saturated heterocycles. The summed E-state index contributed by atoms with van der Waals surface area (Å²) in [7, 11) is -10.0. The van der Waals surface area contributed by atoms with Crippen LogP contribution in [0.4, 0.5) is 13.2 Å². The average Bonchev–Trinajstić information content (AvgIpc) is 3.42. The number of benzene rings is 5. The van der Waals surface area contributed by atoms with E-state index in [4.69, 9.17) is 3.97 Å². The van der Waals surface area contributed by atoms with Crippen molar-refractivity contribution < 1.29 is 25.6 Å². The van der Waals surface area contributed by atoms with Crippen LogP contribution in [0, 0.1) is 0 Å². The molecule has 0 N–H and O–H groups in total. The van der Waals surface area contributed by atoms with Crippen LogP contribution in [-0.4, -0.2) is 13.9 Å². The zero-order chi connectivity index (χ0) is 30.8. The lowest BCUT2D eigenvalue weighted by Crippen LogP contribution is -2.39. The molecule has 5 aromatic carbocycles. The number of halogens is 3. The molecule has 0 amide bonds. The Kier molecular flexibility index (Phi) is 8.23. The Hall–Kier alpha value is -3.77. The van der Waals surface area contributed by atoms with Gasteiger partial charge in [0.1, 0.15) is 11.3 Å². The molecular weight excluding hydrogens is 600 g/mol. The molecule has 2 atom stereocenters. The molecule has 0 saturated carbocycles. The Morgan fingerprint density at radius 3 is 1.11 bits per heavy atom. The first-order chi connectivity index (χ1) is 21.2. The van der Waals surface area contributed by atoms with Crippen molar-refractivity contribution >= 4 is 17.6 Å². The molecule has 1 fully saturated rings. The average molecular weight is 632 g/mol. The van der Waals surface area contributed by atoms with E-state index in [-0.39, 0.29) is 0 Å². The van der Waals surface area contributed by atoms with E-state index >= 15 is 0 Å². The summed E-state index contributed by atoms with van der Waals surface area (Å²) >= 11 is 0. The molecule has 0 bridgehead atoms. The monoisotopic (exact) mass is 631 g/mol. The van der Waals surface area contributed by atoms with Gasteiger partial charge in [-0.1, -0.05) is 152 Å². The van der Waals surface area contributed by atoms with Crippen molar-refractivity contribution in [1.29, 1.82) is 0 Å². The van der Waals surface area contributed by atoms with E-state index in [0.29, 0.717) is 29.5 Å². The fraction of sp³-hybridized carbons (Fsp3) is 0.167. The Bertz CT molecular complexity index is 1640. The molecule has 3 nitrogen and oxygen atoms in total. The van der Waals surface area contributed by atoms with Gasteiger partial charge in [0, 0.05) is 16.7 Å². The van der Waals surface area contributed by atoms with Crippen LogP contribution in [-0.2, 0) is 19.2 Å². The highest BCUT2D eigenvalue weighted by molar-refractivity contribution is 7.95. The van der Waals surface area contributed by atoms with Crippen LogP contribution in [0.3, 0.4) is 0 Å². The zero-order valence-corrected chi connectivity index (χ0v) is 25.4. The molecule has 5 aromatic rings. The predicted octanol–water partition coefficient (Wildman–Crippen LogP) is 10.1. The standard InChI is InChI=1S/C36H31F3O3PS/c37-36(38,39)44(40,41)42-43(33(28-16-6-1-7-17-28)26-27-34(43)29-18-8-2-9-19-29)35(30-20-10-3-11-21-30,31-22-12-4-13-23-31)32-24-14-5-15-25-32/h1-25,33-34H,26-27H2/q+1/t33-,34-/m0/s1. The first-order valence-electron chi connectivity index (χ1n) is 14.4. The van der Waals surface area contributed by atoms with Gasteiger partial charge in [-0.3, -0.25) is 0 Å². The third kappa shape index (κ3) is 4.97. The van der Waals surface area contributed by atoms with Gasteiger partial charge >= 0.3 is 15.6 Å². The minimum absolute atomic E-state index is 0.443. The quantitative estimate of drug-likeness (QED) is 0.0973. The van der Waals surface area contributed by atoms with Crippen molar-refractivity contribution in [3.05, 3.63) is 179 Å². The molecule has 0 aliphatic carbocycles. The highest BCUT2D eigenvalue weighted by Gasteiger charge is 2.77. The summed E-state index contributed by atoms with van der Waals surface area (Å²) in [6.07, 6.45) is 0.887. The highest BCUT2D eigenvalue weighted by atomic mass is 32.2. The fourth-order valence-corrected chi connectivity index (χ4v) is 15.3. The first-order valence-corrected chi connectivity index (χ1v) is 17.6. The van der Waals surface area contributed by atoms with E-state index in [2.05, 4.69) is 0 Å². The summed E-state index contributed by atoms with van der Waals surface area (Å²) in [6, 6.07) is 46.5. The van der Waals surface area contributed by atoms with Gasteiger partial charge in [-0.2, -0.15) is 21.6 Å². The van der Waals surface area contributed by atoms with Crippen LogP contribution in [0.25, 0.3) is 0 Å². The second kappa shape index (κ2) is 12.0. The van der Waals surface area contributed by atoms with Crippen LogP contribution < -0.4 is 0 Å². The van der Waals surface area contributed by atoms with Gasteiger partial charge in [-0.15, -0.1) is 3.97 Å². The summed E-state index contributed by atoms with van der Waals surface area (Å²) in [5, 5.41) is -1.41. The highest BCUT2D eigenvalue weighted by Crippen LogP contribution is 2.95. The summed E-state index contributed by atoms with van der Waals surface area (Å²) in [5.41, 5.74) is -3.39. The molecule has 0 aromatic heterocycles. The zero-order valence-electron chi connectivity index (χ0n) is 23.7. The molecule has 1 aliphatic heterocycles. The normalized spacial score (nSPS) is 18.6. The van der Waals surface area contributed by atoms with Gasteiger partial charge in [0.05, 0.1) is 0 Å². The largest absolute Gasteiger partial charge is 0.526 e. The predicted molar refractivity (Wildman–Crippen MR) is 170 cm³/mol. The summed E-state index contributed by atoms with van der Waals surface area (Å²) in [5.74, 6) is 0. The van der Waals surface area contributed by atoms with E-state index in [1.807, 2.05) is 152 Å². The van der Waals surface area contributed by atoms with Crippen molar-refractivity contribution in [2.75, 3.05) is 0 Å². The number of alkyl halides is 3. The van der Waals surface area contributed by atoms with Crippen molar-refractivity contribution in [3.8, 4) is 0 Å². The van der Waals surface area contributed by atoms with Crippen molar-refractivity contribution in [2.24, 2.45) is 0 Å². The van der Waals surface area contributed by atoms with Crippen LogP contribution in [0.15, 0.2) is 152 Å². The van der Waals surface area contributed by atoms with Gasteiger partial charge < -0.3 is 0 Å². The van der Waals surface area contributed by atoms with Crippen LogP contribution in [0.2, 0.25) is 0 Å². The topological polar surface area (TPSA) is 43.4 Å². The lowest BCUT2D eigenvalue weighted by Gasteiger charge is -2.47. The molecule has 6 rings (SSSR count). The molecule has 224 valence electrons. The third-order valence-electron chi connectivity index (χ3n) is 8.61. The van der Waals surface area contributed by atoms with Crippen LogP contribution in [0.5, 0.6) is 0 Å². The first kappa shape index (κ1) is 30.3. The maximum atomic E-state index is 14.6. The van der Waals surface area contributed by atoms with E-state index in [1.54, 1.807) is 0 Å². The van der Waals surface area contributed by atoms with Gasteiger partial charge in [0.15, 0.2) is 5.16 Å². The lowest BCUT2D eigenvalue weighted by atomic mass is 9.84. The summed E-state index contributed by atoms with van der Waals surface area (Å²) in [4.78, 5) is 0. The second-order valence-corrected chi connectivity index (χ2v) is 16.2. The Balaban J connectivity index is 1.86. The smallest absolute Gasteiger partial charge is 0.186 e. The molecule has 8 heteroatoms. The molecule has 0 unspecified atom stereocenters. The summed E-state index contributed by atoms with van der Waals surface area (Å²) in [6.45, 7) is 0. The molecule has 1 aliphatic rings. The minimum Gasteiger partial charge on any atom is -0.186 e. The van der Waals surface area contributed by atoms with Crippen molar-refractivity contribution in [2.45, 2.75) is 34.8 Å². The fourth-order valence-electron chi connectivity index (χ4n) is 7.02. The van der Waals surface area contributed by atoms with Crippen molar-refractivity contribution in [1.82, 2.24) is 0 Å². The molecule has 1 heterocycles. The molecule has 0 spiro atoms. The second-order valence-electron chi connectivity index (χ2n) is 10.9. The SMILES string of the molecule is O=S(=O)(O[P+]1(C(c2ccccc2)(c2ccccc2)c2ccccc2)[C@H](c2ccccc2)CC[C@H]1c1ccccc1)C(F)(F)F. The Morgan fingerprint density at radius 1 is 0.523 bits per heavy atom. The molecule has 0 radical (unpaired) electrons. The number of hydrogen-bond donors (Lipinski definition) is 0. The third-order valence-corrected chi connectivity index (χ3v) is 15.7. The molecular formula is C36H31F3O3PS+. The lowest BCUT2D eigenvalue weighted by molar-refractivity contribution is -0.0499. The maximum Gasteiger partial charge on any atom is 0.526 e. The number of rotatable bonds is 8. The van der Waals surface area contributed by atoms with E-state index < -0.39 is 39.6 Å². The van der Waals surface area contributed by atoms with Crippen LogP contribution >= 0.6 is 7.49 Å². The van der Waals surface area contributed by atoms with Gasteiger partial charge in [0.2, 0.25) is 7.49 Å². The van der Waals surface area contributed by atoms with Crippen molar-refractivity contribution in [3.63, 3.8) is 0 Å². The van der Waals surface area contributed by atoms with E-state index in [0.717, 1.165) is 11.1 Å². The Labute approximate surface area is 256 Å². The van der Waals surface area contributed by atoms with Crippen LogP contribution in [0.1, 0.15) is 52.0 Å². The van der Waals surface area contributed by atoms with Gasteiger partial charge in [0.25, 0.3) is 0 Å². The minimum atomic E-state index is -6.08. The maximum absolute atomic E-state index is 14.6. The van der Waals surface area contributed by atoms with Gasteiger partial charge in [-0.25, -0.2) is 0 Å². The molecule has 44 heavy (non-hydrogen) atoms. The number of hydrogen-bond acceptors (Lipinski definition) is 3. The van der Waals surface area contributed by atoms with E-state index in [1.165, 1.54) is 0 Å². The van der Waals surface area contributed by atoms with E-state index in [9.17, 15) is 21.6 Å². The summed E-state index contributed by atoms with van der Waals surface area (Å²) < 4.78 is 77.2. The Morgan fingerprint density at radius 2 is 0.818 bits per heavy atom.